The molecule has 0 saturated carbocycles. The van der Waals surface area contributed by atoms with E-state index in [1.165, 1.54) is 0 Å². The van der Waals surface area contributed by atoms with E-state index >= 15 is 0 Å². The molecule has 1 aliphatic rings. The molecule has 6 heteroatoms. The van der Waals surface area contributed by atoms with Crippen molar-refractivity contribution in [2.24, 2.45) is 0 Å². The van der Waals surface area contributed by atoms with Crippen molar-refractivity contribution in [2.45, 2.75) is 39.0 Å². The fourth-order valence-electron chi connectivity index (χ4n) is 5.13. The Morgan fingerprint density at radius 3 is 2.60 bits per heavy atom. The molecule has 0 spiro atoms. The Morgan fingerprint density at radius 2 is 1.88 bits per heavy atom. The van der Waals surface area contributed by atoms with Crippen LogP contribution < -0.4 is 15.4 Å². The van der Waals surface area contributed by atoms with Gasteiger partial charge in [-0.25, -0.2) is 4.98 Å². The Bertz CT molecular complexity index is 1690. The summed E-state index contributed by atoms with van der Waals surface area (Å²) in [6.45, 7) is 10.5. The highest BCUT2D eigenvalue weighted by Crippen LogP contribution is 2.29. The fourth-order valence-corrected chi connectivity index (χ4v) is 5.13. The van der Waals surface area contributed by atoms with Gasteiger partial charge < -0.3 is 15.4 Å². The zero-order valence-corrected chi connectivity index (χ0v) is 24.2. The second-order valence-corrected chi connectivity index (χ2v) is 10.4. The first kappa shape index (κ1) is 28.6. The van der Waals surface area contributed by atoms with Crippen LogP contribution in [0, 0.1) is 0 Å². The standard InChI is InChI=1S/C36H36N4O2/c1-5-27-21-33-32(22-34(27)42-4)29(17-18-37-33)19-26-15-16-35(38-23-26)39-25(3)31(20-28-12-10-9-11-24(28)2)36(41)40-30-13-7-6-8-14-30/h6-8,12-18,20-23H,2-3,5,9-11,19H2,1,4H3,(H,38,39)(H,40,41)/b31-20-. The maximum atomic E-state index is 13.4. The molecule has 0 aliphatic heterocycles. The highest BCUT2D eigenvalue weighted by atomic mass is 16.5. The van der Waals surface area contributed by atoms with Crippen molar-refractivity contribution in [1.29, 1.82) is 0 Å². The zero-order valence-electron chi connectivity index (χ0n) is 24.2. The van der Waals surface area contributed by atoms with Gasteiger partial charge in [0.15, 0.2) is 0 Å². The second-order valence-electron chi connectivity index (χ2n) is 10.4. The third-order valence-corrected chi connectivity index (χ3v) is 7.47. The van der Waals surface area contributed by atoms with Crippen LogP contribution in [0.25, 0.3) is 10.9 Å². The van der Waals surface area contributed by atoms with E-state index in [0.29, 0.717) is 29.2 Å². The molecule has 212 valence electrons. The second kappa shape index (κ2) is 13.1. The van der Waals surface area contributed by atoms with Crippen molar-refractivity contribution >= 4 is 28.3 Å². The summed E-state index contributed by atoms with van der Waals surface area (Å²) in [6.07, 6.45) is 12.2. The Morgan fingerprint density at radius 1 is 1.05 bits per heavy atom. The minimum Gasteiger partial charge on any atom is -0.496 e. The Balaban J connectivity index is 1.35. The summed E-state index contributed by atoms with van der Waals surface area (Å²) in [7, 11) is 1.70. The number of allylic oxidation sites excluding steroid dienone is 4. The van der Waals surface area contributed by atoms with Gasteiger partial charge in [0.25, 0.3) is 5.91 Å². The largest absolute Gasteiger partial charge is 0.496 e. The van der Waals surface area contributed by atoms with Gasteiger partial charge in [-0.05, 0) is 102 Å². The first-order valence-electron chi connectivity index (χ1n) is 14.3. The van der Waals surface area contributed by atoms with Gasteiger partial charge in [0.1, 0.15) is 11.6 Å². The third kappa shape index (κ3) is 6.66. The van der Waals surface area contributed by atoms with Crippen LogP contribution in [-0.4, -0.2) is 23.0 Å². The van der Waals surface area contributed by atoms with Gasteiger partial charge in [0.05, 0.1) is 18.2 Å². The van der Waals surface area contributed by atoms with Gasteiger partial charge in [-0.1, -0.05) is 50.4 Å². The monoisotopic (exact) mass is 556 g/mol. The quantitative estimate of drug-likeness (QED) is 0.153. The minimum atomic E-state index is -0.249. The van der Waals surface area contributed by atoms with E-state index in [1.54, 1.807) is 7.11 Å². The molecular weight excluding hydrogens is 520 g/mol. The summed E-state index contributed by atoms with van der Waals surface area (Å²) in [5.41, 5.74) is 7.90. The Kier molecular flexibility index (Phi) is 8.93. The molecule has 1 aliphatic carbocycles. The van der Waals surface area contributed by atoms with E-state index in [1.807, 2.05) is 67.0 Å². The van der Waals surface area contributed by atoms with Crippen molar-refractivity contribution in [3.05, 3.63) is 137 Å². The number of ether oxygens (including phenoxy) is 1. The van der Waals surface area contributed by atoms with Crippen molar-refractivity contribution in [3.8, 4) is 5.75 Å². The smallest absolute Gasteiger partial charge is 0.257 e. The number of nitrogens with zero attached hydrogens (tertiary/aromatic N) is 2. The number of methoxy groups -OCH3 is 1. The number of para-hydroxylation sites is 1. The number of anilines is 2. The molecule has 2 heterocycles. The summed E-state index contributed by atoms with van der Waals surface area (Å²) < 4.78 is 5.63. The van der Waals surface area contributed by atoms with Gasteiger partial charge in [0, 0.05) is 29.2 Å². The number of hydrogen-bond acceptors (Lipinski definition) is 5. The molecule has 6 nitrogen and oxygen atoms in total. The van der Waals surface area contributed by atoms with E-state index in [4.69, 9.17) is 4.74 Å². The molecule has 0 fully saturated rings. The number of aryl methyl sites for hydroxylation is 1. The lowest BCUT2D eigenvalue weighted by Crippen LogP contribution is -2.19. The van der Waals surface area contributed by atoms with Gasteiger partial charge in [-0.2, -0.15) is 0 Å². The molecule has 5 rings (SSSR count). The number of fused-ring (bicyclic) bond motifs is 1. The van der Waals surface area contributed by atoms with Crippen molar-refractivity contribution in [2.75, 3.05) is 17.7 Å². The summed E-state index contributed by atoms with van der Waals surface area (Å²) in [5.74, 6) is 1.23. The zero-order chi connectivity index (χ0) is 29.5. The summed E-state index contributed by atoms with van der Waals surface area (Å²) in [5, 5.41) is 7.29. The highest BCUT2D eigenvalue weighted by Gasteiger charge is 2.17. The molecule has 2 N–H and O–H groups in total. The topological polar surface area (TPSA) is 76.1 Å². The predicted molar refractivity (Wildman–Crippen MR) is 172 cm³/mol. The fraction of sp³-hybridized carbons (Fsp3) is 0.194. The van der Waals surface area contributed by atoms with Gasteiger partial charge in [-0.3, -0.25) is 9.78 Å². The lowest BCUT2D eigenvalue weighted by Gasteiger charge is -2.17. The Labute approximate surface area is 247 Å². The predicted octanol–water partition coefficient (Wildman–Crippen LogP) is 7.95. The van der Waals surface area contributed by atoms with Crippen LogP contribution >= 0.6 is 0 Å². The van der Waals surface area contributed by atoms with Crippen molar-refractivity contribution < 1.29 is 9.53 Å². The summed E-state index contributed by atoms with van der Waals surface area (Å²) >= 11 is 0. The number of rotatable bonds is 10. The summed E-state index contributed by atoms with van der Waals surface area (Å²) in [6, 6.07) is 19.6. The molecular formula is C36H36N4O2. The number of amides is 1. The maximum Gasteiger partial charge on any atom is 0.257 e. The molecule has 1 amide bonds. The van der Waals surface area contributed by atoms with Crippen LogP contribution in [0.3, 0.4) is 0 Å². The van der Waals surface area contributed by atoms with Crippen LogP contribution in [-0.2, 0) is 17.6 Å². The van der Waals surface area contributed by atoms with Crippen LogP contribution in [0.5, 0.6) is 5.75 Å². The molecule has 2 aromatic heterocycles. The Hall–Kier alpha value is -4.97. The average molecular weight is 557 g/mol. The van der Waals surface area contributed by atoms with Gasteiger partial charge >= 0.3 is 0 Å². The van der Waals surface area contributed by atoms with Crippen LogP contribution in [0.2, 0.25) is 0 Å². The average Bonchev–Trinajstić information content (AvgIpc) is 3.01. The first-order chi connectivity index (χ1) is 20.4. The van der Waals surface area contributed by atoms with Crippen LogP contribution in [0.1, 0.15) is 42.9 Å². The lowest BCUT2D eigenvalue weighted by atomic mass is 9.92. The molecule has 2 aromatic carbocycles. The molecule has 0 unspecified atom stereocenters. The normalized spacial score (nSPS) is 13.4. The number of aromatic nitrogens is 2. The molecule has 0 saturated heterocycles. The molecule has 4 aromatic rings. The first-order valence-corrected chi connectivity index (χ1v) is 14.3. The number of hydrogen-bond donors (Lipinski definition) is 2. The number of carbonyl (C=O) groups excluding carboxylic acids is 1. The van der Waals surface area contributed by atoms with Gasteiger partial charge in [-0.15, -0.1) is 0 Å². The SMILES string of the molecule is C=C1CCCC=C1/C=C(/C(=C)Nc1ccc(Cc2ccnc3cc(CC)c(OC)cc23)cn1)C(=O)Nc1ccccc1. The van der Waals surface area contributed by atoms with E-state index < -0.39 is 0 Å². The maximum absolute atomic E-state index is 13.4. The van der Waals surface area contributed by atoms with Crippen LogP contribution in [0.4, 0.5) is 11.5 Å². The van der Waals surface area contributed by atoms with E-state index in [2.05, 4.69) is 58.9 Å². The van der Waals surface area contributed by atoms with Crippen molar-refractivity contribution in [1.82, 2.24) is 9.97 Å². The number of carbonyl (C=O) groups is 1. The molecule has 0 radical (unpaired) electrons. The van der Waals surface area contributed by atoms with Crippen molar-refractivity contribution in [3.63, 3.8) is 0 Å². The number of nitrogens with one attached hydrogen (secondary N) is 2. The third-order valence-electron chi connectivity index (χ3n) is 7.47. The highest BCUT2D eigenvalue weighted by molar-refractivity contribution is 6.07. The van der Waals surface area contributed by atoms with Crippen LogP contribution in [0.15, 0.2) is 121 Å². The van der Waals surface area contributed by atoms with E-state index in [0.717, 1.165) is 70.2 Å². The molecule has 0 bridgehead atoms. The van der Waals surface area contributed by atoms with E-state index in [9.17, 15) is 4.79 Å². The number of pyridine rings is 2. The lowest BCUT2D eigenvalue weighted by molar-refractivity contribution is -0.112. The van der Waals surface area contributed by atoms with Gasteiger partial charge in [0.2, 0.25) is 0 Å². The van der Waals surface area contributed by atoms with E-state index in [-0.39, 0.29) is 5.91 Å². The molecule has 0 atom stereocenters. The number of benzene rings is 2. The minimum absolute atomic E-state index is 0.249. The molecule has 42 heavy (non-hydrogen) atoms. The summed E-state index contributed by atoms with van der Waals surface area (Å²) in [4.78, 5) is 22.6.